The molecule has 0 bridgehead atoms. The fourth-order valence-corrected chi connectivity index (χ4v) is 0.262. The van der Waals surface area contributed by atoms with E-state index in [-0.39, 0.29) is 0 Å². The Hall–Kier alpha value is -0.170. The van der Waals surface area contributed by atoms with Crippen LogP contribution in [0.15, 0.2) is 0 Å². The maximum Gasteiger partial charge on any atom is 0.445 e. The zero-order valence-corrected chi connectivity index (χ0v) is 5.39. The van der Waals surface area contributed by atoms with Crippen molar-refractivity contribution in [2.45, 2.75) is 18.1 Å². The third-order valence-electron chi connectivity index (χ3n) is 0.494. The third-order valence-corrected chi connectivity index (χ3v) is 0.584. The van der Waals surface area contributed by atoms with Gasteiger partial charge in [-0.2, -0.15) is 22.0 Å². The zero-order chi connectivity index (χ0) is 9.28. The third kappa shape index (κ3) is 5.14. The summed E-state index contributed by atoms with van der Waals surface area (Å²) >= 11 is 3.84. The molecule has 11 heavy (non-hydrogen) atoms. The highest BCUT2D eigenvalue weighted by Gasteiger charge is 2.47. The van der Waals surface area contributed by atoms with E-state index in [0.29, 0.717) is 0 Å². The van der Waals surface area contributed by atoms with Gasteiger partial charge in [0.2, 0.25) is 0 Å². The van der Waals surface area contributed by atoms with Crippen molar-refractivity contribution in [2.75, 3.05) is 0 Å². The van der Waals surface area contributed by atoms with Gasteiger partial charge >= 0.3 is 18.1 Å². The molecule has 1 unspecified atom stereocenters. The molecule has 0 saturated heterocycles. The van der Waals surface area contributed by atoms with Crippen molar-refractivity contribution in [3.05, 3.63) is 0 Å². The molecule has 0 aromatic carbocycles. The van der Waals surface area contributed by atoms with Crippen LogP contribution < -0.4 is 0 Å². The maximum atomic E-state index is 11.5. The van der Waals surface area contributed by atoms with E-state index < -0.39 is 18.1 Å². The van der Waals surface area contributed by atoms with Gasteiger partial charge in [0.05, 0.1) is 0 Å². The van der Waals surface area contributed by atoms with Crippen LogP contribution in [0.2, 0.25) is 0 Å². The Morgan fingerprint density at radius 2 is 1.45 bits per heavy atom. The first-order valence-corrected chi connectivity index (χ1v) is 2.46. The molecule has 0 aromatic heterocycles. The van der Waals surface area contributed by atoms with Gasteiger partial charge in [-0.15, -0.1) is 0 Å². The first kappa shape index (κ1) is 10.8. The SMILES string of the molecule is FC(OC(F)(F)Cl)C(F)(F)F. The molecule has 1 atom stereocenters. The van der Waals surface area contributed by atoms with Crippen LogP contribution in [0.4, 0.5) is 26.3 Å². The second-order valence-corrected chi connectivity index (χ2v) is 1.86. The van der Waals surface area contributed by atoms with Crippen molar-refractivity contribution in [1.82, 2.24) is 0 Å². The highest BCUT2D eigenvalue weighted by Crippen LogP contribution is 2.31. The van der Waals surface area contributed by atoms with Crippen molar-refractivity contribution in [3.8, 4) is 0 Å². The molecule has 0 saturated carbocycles. The van der Waals surface area contributed by atoms with E-state index >= 15 is 0 Å². The number of hydrogen-bond donors (Lipinski definition) is 0. The van der Waals surface area contributed by atoms with E-state index in [1.807, 2.05) is 0 Å². The average Bonchev–Trinajstić information content (AvgIpc) is 1.56. The van der Waals surface area contributed by atoms with E-state index in [0.717, 1.165) is 0 Å². The van der Waals surface area contributed by atoms with Gasteiger partial charge in [-0.3, -0.25) is 4.74 Å². The van der Waals surface area contributed by atoms with Gasteiger partial charge in [-0.1, -0.05) is 0 Å². The summed E-state index contributed by atoms with van der Waals surface area (Å²) in [6, 6.07) is 0. The largest absolute Gasteiger partial charge is 0.445 e. The van der Waals surface area contributed by atoms with Gasteiger partial charge in [0, 0.05) is 0 Å². The maximum absolute atomic E-state index is 11.5. The smallest absolute Gasteiger partial charge is 0.263 e. The van der Waals surface area contributed by atoms with Crippen molar-refractivity contribution < 1.29 is 31.1 Å². The molecule has 1 nitrogen and oxygen atoms in total. The fourth-order valence-electron chi connectivity index (χ4n) is 0.184. The van der Waals surface area contributed by atoms with Crippen LogP contribution in [0.1, 0.15) is 0 Å². The standard InChI is InChI=1S/C3HClF6O/c4-3(9,10)11-1(5)2(6,7)8/h1H. The minimum atomic E-state index is -5.49. The molecular formula is C3HClF6O. The summed E-state index contributed by atoms with van der Waals surface area (Å²) in [6.45, 7) is 0. The summed E-state index contributed by atoms with van der Waals surface area (Å²) in [4.78, 5) is 0. The van der Waals surface area contributed by atoms with Gasteiger partial charge in [-0.05, 0) is 11.6 Å². The number of halogens is 7. The minimum Gasteiger partial charge on any atom is -0.263 e. The Morgan fingerprint density at radius 3 is 1.55 bits per heavy atom. The van der Waals surface area contributed by atoms with Crippen LogP contribution in [0, 0.1) is 0 Å². The monoisotopic (exact) mass is 202 g/mol. The molecule has 0 fully saturated rings. The minimum absolute atomic E-state index is 2.44. The summed E-state index contributed by atoms with van der Waals surface area (Å²) in [5, 5.41) is 0. The first-order valence-electron chi connectivity index (χ1n) is 2.08. The Balaban J connectivity index is 3.99. The van der Waals surface area contributed by atoms with Crippen molar-refractivity contribution >= 4 is 11.6 Å². The molecule has 0 heterocycles. The summed E-state index contributed by atoms with van der Waals surface area (Å²) in [6.07, 6.45) is -9.56. The molecule has 0 spiro atoms. The van der Waals surface area contributed by atoms with Gasteiger partial charge in [0.25, 0.3) is 0 Å². The Labute approximate surface area is 61.9 Å². The van der Waals surface area contributed by atoms with Crippen molar-refractivity contribution in [3.63, 3.8) is 0 Å². The molecule has 0 amide bonds. The molecule has 0 N–H and O–H groups in total. The number of rotatable bonds is 2. The molecule has 0 rings (SSSR count). The van der Waals surface area contributed by atoms with Crippen molar-refractivity contribution in [2.24, 2.45) is 0 Å². The van der Waals surface area contributed by atoms with Crippen molar-refractivity contribution in [1.29, 1.82) is 0 Å². The Bertz CT molecular complexity index is 127. The summed E-state index contributed by atoms with van der Waals surface area (Å²) in [7, 11) is 0. The predicted molar refractivity (Wildman–Crippen MR) is 22.8 cm³/mol. The first-order chi connectivity index (χ1) is 4.63. The molecule has 0 aliphatic carbocycles. The van der Waals surface area contributed by atoms with E-state index in [9.17, 15) is 26.3 Å². The normalized spacial score (nSPS) is 16.6. The van der Waals surface area contributed by atoms with Gasteiger partial charge in [-0.25, -0.2) is 4.39 Å². The fraction of sp³-hybridized carbons (Fsp3) is 1.00. The van der Waals surface area contributed by atoms with Crippen LogP contribution in [-0.4, -0.2) is 18.1 Å². The summed E-state index contributed by atoms with van der Waals surface area (Å²) in [5.41, 5.74) is -4.64. The van der Waals surface area contributed by atoms with E-state index in [1.165, 1.54) is 0 Å². The number of ether oxygens (including phenoxy) is 1. The number of alkyl halides is 7. The predicted octanol–water partition coefficient (Wildman–Crippen LogP) is 2.65. The summed E-state index contributed by atoms with van der Waals surface area (Å²) < 4.78 is 69.8. The lowest BCUT2D eigenvalue weighted by atomic mass is 10.7. The van der Waals surface area contributed by atoms with E-state index in [1.54, 1.807) is 0 Å². The van der Waals surface area contributed by atoms with E-state index in [4.69, 9.17) is 0 Å². The van der Waals surface area contributed by atoms with Crippen LogP contribution in [0.25, 0.3) is 0 Å². The van der Waals surface area contributed by atoms with Gasteiger partial charge < -0.3 is 0 Å². The lowest BCUT2D eigenvalue weighted by Gasteiger charge is -2.15. The molecular weight excluding hydrogens is 201 g/mol. The van der Waals surface area contributed by atoms with Crippen LogP contribution >= 0.6 is 11.6 Å². The zero-order valence-electron chi connectivity index (χ0n) is 4.63. The second kappa shape index (κ2) is 3.06. The second-order valence-electron chi connectivity index (χ2n) is 1.42. The highest BCUT2D eigenvalue weighted by atomic mass is 35.5. The Morgan fingerprint density at radius 1 is 1.09 bits per heavy atom. The average molecular weight is 202 g/mol. The van der Waals surface area contributed by atoms with Crippen LogP contribution in [0.5, 0.6) is 0 Å². The molecule has 0 aliphatic heterocycles. The molecule has 0 aliphatic rings. The van der Waals surface area contributed by atoms with Crippen LogP contribution in [0.3, 0.4) is 0 Å². The topological polar surface area (TPSA) is 9.23 Å². The lowest BCUT2D eigenvalue weighted by Crippen LogP contribution is -2.32. The number of hydrogen-bond acceptors (Lipinski definition) is 1. The Kier molecular flexibility index (Phi) is 3.01. The van der Waals surface area contributed by atoms with Gasteiger partial charge in [0.1, 0.15) is 0 Å². The quantitative estimate of drug-likeness (QED) is 0.494. The lowest BCUT2D eigenvalue weighted by molar-refractivity contribution is -0.328. The van der Waals surface area contributed by atoms with E-state index in [2.05, 4.69) is 16.3 Å². The molecule has 0 aromatic rings. The summed E-state index contributed by atoms with van der Waals surface area (Å²) in [5.74, 6) is 0. The van der Waals surface area contributed by atoms with Gasteiger partial charge in [0.15, 0.2) is 0 Å². The highest BCUT2D eigenvalue weighted by molar-refractivity contribution is 6.20. The van der Waals surface area contributed by atoms with Crippen LogP contribution in [-0.2, 0) is 4.74 Å². The molecule has 0 radical (unpaired) electrons. The molecule has 8 heteroatoms. The molecule has 68 valence electrons.